The number of imidazole rings is 2. The monoisotopic (exact) mass is 846 g/mol. The zero-order valence-corrected chi connectivity index (χ0v) is 33.9. The van der Waals surface area contributed by atoms with Crippen LogP contribution in [0, 0.1) is 0 Å². The molecule has 7 rings (SSSR count). The Morgan fingerprint density at radius 2 is 0.984 bits per heavy atom. The van der Waals surface area contributed by atoms with Crippen molar-refractivity contribution in [2.75, 3.05) is 37.1 Å². The molecule has 4 atom stereocenters. The van der Waals surface area contributed by atoms with Crippen molar-refractivity contribution in [3.05, 3.63) is 133 Å². The van der Waals surface area contributed by atoms with Crippen molar-refractivity contribution in [3.8, 4) is 0 Å². The number of aromatic nitrogens is 8. The highest BCUT2D eigenvalue weighted by molar-refractivity contribution is 6.07. The van der Waals surface area contributed by atoms with Crippen LogP contribution in [0.2, 0.25) is 0 Å². The average Bonchev–Trinajstić information content (AvgIpc) is 3.97. The lowest BCUT2D eigenvalue weighted by atomic mass is 10.2. The molecule has 4 aromatic heterocycles. The van der Waals surface area contributed by atoms with Crippen LogP contribution < -0.4 is 10.6 Å². The van der Waals surface area contributed by atoms with Gasteiger partial charge in [-0.3, -0.25) is 18.7 Å². The Bertz CT molecular complexity index is 2520. The third-order valence-corrected chi connectivity index (χ3v) is 9.41. The molecule has 0 aliphatic heterocycles. The molecule has 5 N–H and O–H groups in total. The number of anilines is 2. The van der Waals surface area contributed by atoms with Gasteiger partial charge in [0.2, 0.25) is 0 Å². The van der Waals surface area contributed by atoms with Gasteiger partial charge in [-0.2, -0.15) is 0 Å². The minimum atomic E-state index is -0.822. The van der Waals surface area contributed by atoms with Crippen LogP contribution in [0.4, 0.5) is 11.6 Å². The minimum absolute atomic E-state index is 0.147. The first-order valence-electron chi connectivity index (χ1n) is 19.7. The van der Waals surface area contributed by atoms with Crippen LogP contribution in [0.15, 0.2) is 116 Å². The number of carbonyl (C=O) groups excluding carboxylic acids is 3. The zero-order chi connectivity index (χ0) is 43.8. The van der Waals surface area contributed by atoms with Crippen molar-refractivity contribution in [2.24, 2.45) is 0 Å². The Morgan fingerprint density at radius 3 is 1.40 bits per heavy atom. The lowest BCUT2D eigenvalue weighted by molar-refractivity contribution is -0.0988. The van der Waals surface area contributed by atoms with E-state index in [1.54, 1.807) is 88.0 Å². The molecule has 0 spiro atoms. The second-order valence-electron chi connectivity index (χ2n) is 13.5. The van der Waals surface area contributed by atoms with Gasteiger partial charge in [0.05, 0.1) is 50.2 Å². The molecule has 4 heterocycles. The Labute approximate surface area is 355 Å². The van der Waals surface area contributed by atoms with Crippen molar-refractivity contribution >= 4 is 51.7 Å². The van der Waals surface area contributed by atoms with E-state index in [9.17, 15) is 29.7 Å². The summed E-state index contributed by atoms with van der Waals surface area (Å²) in [4.78, 5) is 62.9. The van der Waals surface area contributed by atoms with E-state index >= 15 is 0 Å². The number of hydrogen-bond donors (Lipinski definition) is 5. The van der Waals surface area contributed by atoms with Crippen LogP contribution in [-0.4, -0.2) is 111 Å². The number of hydrogen-bond acceptors (Lipinski definition) is 15. The lowest BCUT2D eigenvalue weighted by Crippen LogP contribution is -2.27. The second-order valence-corrected chi connectivity index (χ2v) is 13.5. The summed E-state index contributed by atoms with van der Waals surface area (Å²) >= 11 is 0. The van der Waals surface area contributed by atoms with E-state index in [0.29, 0.717) is 51.9 Å². The predicted molar refractivity (Wildman–Crippen MR) is 226 cm³/mol. The summed E-state index contributed by atoms with van der Waals surface area (Å²) in [6, 6.07) is 26.1. The Balaban J connectivity index is 0.000000214. The molecule has 0 fully saturated rings. The largest absolute Gasteiger partial charge is 0.457 e. The summed E-state index contributed by atoms with van der Waals surface area (Å²) in [6.45, 7) is 2.91. The number of rotatable bonds is 18. The molecule has 19 nitrogen and oxygen atoms in total. The van der Waals surface area contributed by atoms with Gasteiger partial charge in [0.1, 0.15) is 19.3 Å². The minimum Gasteiger partial charge on any atom is -0.457 e. The van der Waals surface area contributed by atoms with Gasteiger partial charge in [-0.25, -0.2) is 34.7 Å². The Morgan fingerprint density at radius 1 is 0.565 bits per heavy atom. The molecule has 3 aromatic carbocycles. The van der Waals surface area contributed by atoms with Gasteiger partial charge in [-0.15, -0.1) is 0 Å². The van der Waals surface area contributed by atoms with E-state index in [2.05, 4.69) is 40.5 Å². The van der Waals surface area contributed by atoms with Gasteiger partial charge < -0.3 is 40.2 Å². The van der Waals surface area contributed by atoms with Gasteiger partial charge in [0.15, 0.2) is 46.4 Å². The summed E-state index contributed by atoms with van der Waals surface area (Å²) < 4.78 is 20.4. The number of fused-ring (bicyclic) bond motifs is 2. The lowest BCUT2D eigenvalue weighted by Gasteiger charge is -2.24. The molecule has 62 heavy (non-hydrogen) atoms. The van der Waals surface area contributed by atoms with Gasteiger partial charge in [-0.1, -0.05) is 68.4 Å². The quantitative estimate of drug-likeness (QED) is 0.0742. The molecule has 0 radical (unpaired) electrons. The first-order valence-corrected chi connectivity index (χ1v) is 19.7. The van der Waals surface area contributed by atoms with Crippen molar-refractivity contribution in [1.82, 2.24) is 39.0 Å². The molecule has 7 aromatic rings. The maximum absolute atomic E-state index is 12.6. The highest BCUT2D eigenvalue weighted by Gasteiger charge is 2.25. The standard InChI is InChI=1S/C25H25N5O5.C18H21N5O4/c1-2-19(13-31)35-20(14-34-25(33)18-11-7-4-8-12-18)30-16-28-21-22(26-15-27-23(21)30)29-24(32)17-9-5-3-6-10-17;1-2-13(8-24)27-14(9-25)23-11-21-15-16(19-10-20-17(15)23)22-18(26)12-6-4-3-5-7-12/h3-12,15-16,19-20,31H,2,13-14H2,1H3,(H,26,27,29,32);3-7,10-11,13-14,24-25H,2,8-9H2,1H3,(H,19,20,22,26)/t19-,20-;13-,14-/m11/s1. The topological polar surface area (TPSA) is 251 Å². The first-order chi connectivity index (χ1) is 30.3. The molecule has 0 bridgehead atoms. The number of benzene rings is 3. The average molecular weight is 847 g/mol. The van der Waals surface area contributed by atoms with Gasteiger partial charge in [-0.05, 0) is 49.2 Å². The number of ether oxygens (including phenoxy) is 3. The summed E-state index contributed by atoms with van der Waals surface area (Å²) in [5.41, 5.74) is 2.87. The molecule has 0 aliphatic rings. The third-order valence-electron chi connectivity index (χ3n) is 9.41. The van der Waals surface area contributed by atoms with Crippen LogP contribution in [0.1, 0.15) is 70.2 Å². The van der Waals surface area contributed by atoms with E-state index < -0.39 is 30.6 Å². The van der Waals surface area contributed by atoms with Crippen molar-refractivity contribution < 1.29 is 43.9 Å². The summed E-state index contributed by atoms with van der Waals surface area (Å²) in [7, 11) is 0. The molecule has 19 heteroatoms. The van der Waals surface area contributed by atoms with E-state index in [-0.39, 0.29) is 49.9 Å². The van der Waals surface area contributed by atoms with Crippen LogP contribution in [-0.2, 0) is 14.2 Å². The Hall–Kier alpha value is -7.03. The van der Waals surface area contributed by atoms with E-state index in [1.807, 2.05) is 26.0 Å². The predicted octanol–water partition coefficient (Wildman–Crippen LogP) is 4.58. The summed E-state index contributed by atoms with van der Waals surface area (Å²) in [6.07, 6.45) is 4.18. The van der Waals surface area contributed by atoms with Crippen LogP contribution in [0.3, 0.4) is 0 Å². The van der Waals surface area contributed by atoms with Crippen LogP contribution in [0.25, 0.3) is 22.3 Å². The van der Waals surface area contributed by atoms with Crippen LogP contribution >= 0.6 is 0 Å². The number of aliphatic hydroxyl groups excluding tert-OH is 3. The highest BCUT2D eigenvalue weighted by Crippen LogP contribution is 2.25. The smallest absolute Gasteiger partial charge is 0.338 e. The number of nitrogens with zero attached hydrogens (tertiary/aromatic N) is 8. The highest BCUT2D eigenvalue weighted by atomic mass is 16.6. The normalized spacial score (nSPS) is 13.0. The summed E-state index contributed by atoms with van der Waals surface area (Å²) in [5, 5.41) is 34.2. The molecular weight excluding hydrogens is 801 g/mol. The maximum Gasteiger partial charge on any atom is 0.338 e. The fraction of sp³-hybridized carbons (Fsp3) is 0.279. The number of carbonyl (C=O) groups is 3. The molecule has 0 saturated heterocycles. The number of aliphatic hydroxyl groups is 3. The van der Waals surface area contributed by atoms with Gasteiger partial charge >= 0.3 is 5.97 Å². The number of esters is 1. The molecule has 0 saturated carbocycles. The van der Waals surface area contributed by atoms with Crippen molar-refractivity contribution in [3.63, 3.8) is 0 Å². The zero-order valence-electron chi connectivity index (χ0n) is 33.9. The van der Waals surface area contributed by atoms with E-state index in [4.69, 9.17) is 14.2 Å². The molecule has 322 valence electrons. The van der Waals surface area contributed by atoms with Crippen molar-refractivity contribution in [2.45, 2.75) is 51.4 Å². The van der Waals surface area contributed by atoms with Gasteiger partial charge in [0, 0.05) is 11.1 Å². The first kappa shape index (κ1) is 44.5. The van der Waals surface area contributed by atoms with E-state index in [1.165, 1.54) is 25.3 Å². The molecule has 2 amide bonds. The SMILES string of the molecule is CC[C@H](CO)O[C@H](CO)n1cnc2c(NC(=O)c3ccccc3)ncnc21.CC[C@H](CO)O[C@H](COC(=O)c1ccccc1)n1cnc2c(NC(=O)c3ccccc3)ncnc21. The van der Waals surface area contributed by atoms with Gasteiger partial charge in [0.25, 0.3) is 11.8 Å². The third kappa shape index (κ3) is 11.0. The summed E-state index contributed by atoms with van der Waals surface area (Å²) in [5.74, 6) is -0.663. The molecule has 0 unspecified atom stereocenters. The fourth-order valence-electron chi connectivity index (χ4n) is 6.01. The number of nitrogens with one attached hydrogen (secondary N) is 2. The second kappa shape index (κ2) is 22.0. The molecular formula is C43H46N10O9. The molecule has 0 aliphatic carbocycles. The van der Waals surface area contributed by atoms with Crippen molar-refractivity contribution in [1.29, 1.82) is 0 Å². The fourth-order valence-corrected chi connectivity index (χ4v) is 6.01. The van der Waals surface area contributed by atoms with Crippen LogP contribution in [0.5, 0.6) is 0 Å². The Kier molecular flexibility index (Phi) is 15.8. The van der Waals surface area contributed by atoms with E-state index in [0.717, 1.165) is 0 Å². The number of amides is 2. The maximum atomic E-state index is 12.6.